The lowest BCUT2D eigenvalue weighted by atomic mass is 9.75. The first-order valence-electron chi connectivity index (χ1n) is 7.37. The third kappa shape index (κ3) is 3.96. The van der Waals surface area contributed by atoms with Gasteiger partial charge in [0, 0.05) is 35.3 Å². The Hall–Kier alpha value is -0.580. The monoisotopic (exact) mass is 339 g/mol. The fourth-order valence-electron chi connectivity index (χ4n) is 2.87. The molecule has 1 aliphatic carbocycles. The maximum Gasteiger partial charge on any atom is 0.0341 e. The maximum absolute atomic E-state index is 3.48. The second-order valence-electron chi connectivity index (χ2n) is 6.14. The van der Waals surface area contributed by atoms with E-state index in [0.717, 1.165) is 17.6 Å². The summed E-state index contributed by atoms with van der Waals surface area (Å²) in [7, 11) is 6.66. The molecular formula is C16H26BrN3. The van der Waals surface area contributed by atoms with Crippen LogP contribution in [0.2, 0.25) is 0 Å². The maximum atomic E-state index is 3.48. The zero-order valence-electron chi connectivity index (χ0n) is 12.8. The largest absolute Gasteiger partial charge is 0.384 e. The van der Waals surface area contributed by atoms with Crippen LogP contribution in [0, 0.1) is 0 Å². The van der Waals surface area contributed by atoms with Gasteiger partial charge in [-0.25, -0.2) is 0 Å². The van der Waals surface area contributed by atoms with Gasteiger partial charge in [0.2, 0.25) is 0 Å². The molecule has 0 aliphatic heterocycles. The van der Waals surface area contributed by atoms with Crippen LogP contribution in [0.3, 0.4) is 0 Å². The van der Waals surface area contributed by atoms with Gasteiger partial charge in [-0.15, -0.1) is 0 Å². The summed E-state index contributed by atoms with van der Waals surface area (Å²) >= 11 is 3.46. The highest BCUT2D eigenvalue weighted by Gasteiger charge is 2.39. The van der Waals surface area contributed by atoms with Crippen LogP contribution in [0.15, 0.2) is 28.7 Å². The fourth-order valence-corrected chi connectivity index (χ4v) is 3.14. The Labute approximate surface area is 131 Å². The first kappa shape index (κ1) is 15.8. The van der Waals surface area contributed by atoms with E-state index in [1.165, 1.54) is 31.5 Å². The molecule has 112 valence electrons. The minimum Gasteiger partial charge on any atom is -0.384 e. The third-order valence-corrected chi connectivity index (χ3v) is 4.99. The summed E-state index contributed by atoms with van der Waals surface area (Å²) in [6.07, 6.45) is 4.05. The zero-order valence-corrected chi connectivity index (χ0v) is 14.4. The van der Waals surface area contributed by atoms with Crippen LogP contribution in [0.5, 0.6) is 0 Å². The molecule has 1 fully saturated rings. The zero-order chi connectivity index (χ0) is 14.6. The van der Waals surface area contributed by atoms with Gasteiger partial charge in [0.15, 0.2) is 0 Å². The second kappa shape index (κ2) is 6.92. The standard InChI is InChI=1S/C16H26BrN3/c1-19(2)16(9-4-10-16)13-20(3)12-11-18-15-7-5-14(17)6-8-15/h5-8,18H,4,9-13H2,1-3H3. The van der Waals surface area contributed by atoms with Crippen molar-refractivity contribution in [2.75, 3.05) is 46.1 Å². The Bertz CT molecular complexity index is 412. The molecule has 0 bridgehead atoms. The number of nitrogens with zero attached hydrogens (tertiary/aromatic N) is 2. The van der Waals surface area contributed by atoms with E-state index in [0.29, 0.717) is 5.54 Å². The summed E-state index contributed by atoms with van der Waals surface area (Å²) in [4.78, 5) is 4.86. The number of rotatable bonds is 7. The van der Waals surface area contributed by atoms with E-state index in [4.69, 9.17) is 0 Å². The van der Waals surface area contributed by atoms with Gasteiger partial charge in [-0.3, -0.25) is 0 Å². The first-order chi connectivity index (χ1) is 9.52. The van der Waals surface area contributed by atoms with Crippen molar-refractivity contribution in [1.29, 1.82) is 0 Å². The molecule has 1 aliphatic rings. The van der Waals surface area contributed by atoms with E-state index in [1.807, 2.05) is 0 Å². The smallest absolute Gasteiger partial charge is 0.0341 e. The molecule has 20 heavy (non-hydrogen) atoms. The van der Waals surface area contributed by atoms with Gasteiger partial charge in [-0.2, -0.15) is 0 Å². The lowest BCUT2D eigenvalue weighted by Crippen LogP contribution is -2.57. The van der Waals surface area contributed by atoms with Gasteiger partial charge in [-0.05, 0) is 64.7 Å². The SMILES string of the molecule is CN(CCNc1ccc(Br)cc1)CC1(N(C)C)CCC1. The Morgan fingerprint density at radius 3 is 2.30 bits per heavy atom. The molecule has 1 saturated carbocycles. The quantitative estimate of drug-likeness (QED) is 0.822. The predicted octanol–water partition coefficient (Wildman–Crippen LogP) is 3.28. The number of hydrogen-bond acceptors (Lipinski definition) is 3. The normalized spacial score (nSPS) is 17.3. The van der Waals surface area contributed by atoms with Gasteiger partial charge >= 0.3 is 0 Å². The van der Waals surface area contributed by atoms with Gasteiger partial charge in [-0.1, -0.05) is 15.9 Å². The number of anilines is 1. The topological polar surface area (TPSA) is 18.5 Å². The minimum atomic E-state index is 0.423. The van der Waals surface area contributed by atoms with Crippen LogP contribution >= 0.6 is 15.9 Å². The molecule has 0 unspecified atom stereocenters. The van der Waals surface area contributed by atoms with Crippen molar-refractivity contribution in [2.24, 2.45) is 0 Å². The lowest BCUT2D eigenvalue weighted by Gasteiger charge is -2.49. The molecule has 1 aromatic carbocycles. The van der Waals surface area contributed by atoms with Crippen molar-refractivity contribution in [3.8, 4) is 0 Å². The molecule has 0 saturated heterocycles. The van der Waals surface area contributed by atoms with E-state index in [-0.39, 0.29) is 0 Å². The van der Waals surface area contributed by atoms with Crippen molar-refractivity contribution in [3.05, 3.63) is 28.7 Å². The molecule has 1 N–H and O–H groups in total. The highest BCUT2D eigenvalue weighted by atomic mass is 79.9. The summed E-state index contributed by atoms with van der Waals surface area (Å²) in [5.41, 5.74) is 1.61. The van der Waals surface area contributed by atoms with Gasteiger partial charge < -0.3 is 15.1 Å². The third-order valence-electron chi connectivity index (χ3n) is 4.46. The molecule has 2 rings (SSSR count). The van der Waals surface area contributed by atoms with Crippen molar-refractivity contribution >= 4 is 21.6 Å². The Balaban J connectivity index is 1.72. The summed E-state index contributed by atoms with van der Waals surface area (Å²) < 4.78 is 1.12. The highest BCUT2D eigenvalue weighted by molar-refractivity contribution is 9.10. The van der Waals surface area contributed by atoms with Crippen molar-refractivity contribution in [2.45, 2.75) is 24.8 Å². The van der Waals surface area contributed by atoms with Crippen LogP contribution in [0.25, 0.3) is 0 Å². The number of nitrogens with one attached hydrogen (secondary N) is 1. The van der Waals surface area contributed by atoms with Crippen LogP contribution in [-0.2, 0) is 0 Å². The van der Waals surface area contributed by atoms with Crippen LogP contribution < -0.4 is 5.32 Å². The first-order valence-corrected chi connectivity index (χ1v) is 8.17. The Morgan fingerprint density at radius 2 is 1.80 bits per heavy atom. The molecule has 0 heterocycles. The molecule has 0 aromatic heterocycles. The molecular weight excluding hydrogens is 314 g/mol. The lowest BCUT2D eigenvalue weighted by molar-refractivity contribution is 0.0289. The Kier molecular flexibility index (Phi) is 5.47. The molecule has 3 nitrogen and oxygen atoms in total. The molecule has 0 spiro atoms. The van der Waals surface area contributed by atoms with Crippen molar-refractivity contribution < 1.29 is 0 Å². The summed E-state index contributed by atoms with van der Waals surface area (Å²) in [6.45, 7) is 3.23. The van der Waals surface area contributed by atoms with E-state index >= 15 is 0 Å². The second-order valence-corrected chi connectivity index (χ2v) is 7.06. The number of halogens is 1. The van der Waals surface area contributed by atoms with Crippen LogP contribution in [0.4, 0.5) is 5.69 Å². The predicted molar refractivity (Wildman–Crippen MR) is 90.4 cm³/mol. The molecule has 1 aromatic rings. The molecule has 0 amide bonds. The fraction of sp³-hybridized carbons (Fsp3) is 0.625. The van der Waals surface area contributed by atoms with Crippen molar-refractivity contribution in [3.63, 3.8) is 0 Å². The van der Waals surface area contributed by atoms with E-state index in [1.54, 1.807) is 0 Å². The summed E-state index contributed by atoms with van der Waals surface area (Å²) in [6, 6.07) is 8.36. The van der Waals surface area contributed by atoms with Crippen LogP contribution in [0.1, 0.15) is 19.3 Å². The number of benzene rings is 1. The Morgan fingerprint density at radius 1 is 1.15 bits per heavy atom. The average molecular weight is 340 g/mol. The van der Waals surface area contributed by atoms with Gasteiger partial charge in [0.05, 0.1) is 0 Å². The summed E-state index contributed by atoms with van der Waals surface area (Å²) in [5.74, 6) is 0. The van der Waals surface area contributed by atoms with E-state index in [2.05, 4.69) is 76.5 Å². The van der Waals surface area contributed by atoms with E-state index in [9.17, 15) is 0 Å². The van der Waals surface area contributed by atoms with Crippen LogP contribution in [-0.4, -0.2) is 56.1 Å². The molecule has 0 radical (unpaired) electrons. The summed E-state index contributed by atoms with van der Waals surface area (Å²) in [5, 5.41) is 3.48. The van der Waals surface area contributed by atoms with Gasteiger partial charge in [0.25, 0.3) is 0 Å². The average Bonchev–Trinajstić information content (AvgIpc) is 2.36. The molecule has 4 heteroatoms. The van der Waals surface area contributed by atoms with Gasteiger partial charge in [0.1, 0.15) is 0 Å². The number of hydrogen-bond donors (Lipinski definition) is 1. The minimum absolute atomic E-state index is 0.423. The van der Waals surface area contributed by atoms with Crippen molar-refractivity contribution in [1.82, 2.24) is 9.80 Å². The number of likely N-dealkylation sites (N-methyl/N-ethyl adjacent to an activating group) is 2. The highest BCUT2D eigenvalue weighted by Crippen LogP contribution is 2.36. The van der Waals surface area contributed by atoms with E-state index < -0.39 is 0 Å². The molecule has 0 atom stereocenters.